The van der Waals surface area contributed by atoms with Gasteiger partial charge in [-0.15, -0.1) is 0 Å². The standard InChI is InChI=1S/C15H15N3O3/c1-20-15(19)11-9-16-10-14(17-11)18-7-4-8-21-13-6-3-2-5-12(13)18/h2-3,5-6,9-10H,4,7-8H2,1H3. The van der Waals surface area contributed by atoms with Gasteiger partial charge < -0.3 is 14.4 Å². The Hall–Kier alpha value is -2.63. The van der Waals surface area contributed by atoms with E-state index in [0.29, 0.717) is 12.4 Å². The quantitative estimate of drug-likeness (QED) is 0.788. The lowest BCUT2D eigenvalue weighted by Gasteiger charge is -2.22. The first kappa shape index (κ1) is 13.4. The van der Waals surface area contributed by atoms with Gasteiger partial charge in [-0.3, -0.25) is 4.98 Å². The largest absolute Gasteiger partial charge is 0.491 e. The maximum atomic E-state index is 11.6. The normalized spacial score (nSPS) is 13.9. The molecule has 0 bridgehead atoms. The summed E-state index contributed by atoms with van der Waals surface area (Å²) in [6.07, 6.45) is 3.89. The van der Waals surface area contributed by atoms with E-state index in [0.717, 1.165) is 24.4 Å². The summed E-state index contributed by atoms with van der Waals surface area (Å²) in [6.45, 7) is 1.40. The fourth-order valence-electron chi connectivity index (χ4n) is 2.25. The smallest absolute Gasteiger partial charge is 0.358 e. The molecule has 21 heavy (non-hydrogen) atoms. The van der Waals surface area contributed by atoms with Crippen molar-refractivity contribution in [2.24, 2.45) is 0 Å². The summed E-state index contributed by atoms with van der Waals surface area (Å²) in [6, 6.07) is 7.76. The molecule has 0 N–H and O–H groups in total. The van der Waals surface area contributed by atoms with E-state index in [9.17, 15) is 4.79 Å². The number of aromatic nitrogens is 2. The highest BCUT2D eigenvalue weighted by Gasteiger charge is 2.20. The highest BCUT2D eigenvalue weighted by Crippen LogP contribution is 2.34. The number of para-hydroxylation sites is 2. The number of nitrogens with zero attached hydrogens (tertiary/aromatic N) is 3. The molecule has 0 amide bonds. The van der Waals surface area contributed by atoms with Crippen LogP contribution in [0.15, 0.2) is 36.7 Å². The van der Waals surface area contributed by atoms with E-state index in [1.165, 1.54) is 13.3 Å². The third-order valence-corrected chi connectivity index (χ3v) is 3.23. The Kier molecular flexibility index (Phi) is 3.68. The molecular weight excluding hydrogens is 270 g/mol. The summed E-state index contributed by atoms with van der Waals surface area (Å²) in [5, 5.41) is 0. The Bertz CT molecular complexity index is 660. The van der Waals surface area contributed by atoms with Gasteiger partial charge in [-0.2, -0.15) is 0 Å². The van der Waals surface area contributed by atoms with Crippen molar-refractivity contribution in [3.63, 3.8) is 0 Å². The molecule has 108 valence electrons. The molecule has 6 heteroatoms. The molecule has 0 fully saturated rings. The van der Waals surface area contributed by atoms with Gasteiger partial charge in [0, 0.05) is 6.54 Å². The van der Waals surface area contributed by atoms with E-state index < -0.39 is 5.97 Å². The molecule has 1 aliphatic heterocycles. The van der Waals surface area contributed by atoms with Gasteiger partial charge in [0.25, 0.3) is 0 Å². The maximum absolute atomic E-state index is 11.6. The molecule has 0 saturated carbocycles. The fraction of sp³-hybridized carbons (Fsp3) is 0.267. The lowest BCUT2D eigenvalue weighted by Crippen LogP contribution is -2.20. The van der Waals surface area contributed by atoms with Crippen molar-refractivity contribution in [2.75, 3.05) is 25.2 Å². The lowest BCUT2D eigenvalue weighted by molar-refractivity contribution is 0.0593. The van der Waals surface area contributed by atoms with Gasteiger partial charge in [0.1, 0.15) is 5.75 Å². The van der Waals surface area contributed by atoms with E-state index in [2.05, 4.69) is 14.7 Å². The van der Waals surface area contributed by atoms with Crippen LogP contribution in [-0.2, 0) is 4.74 Å². The van der Waals surface area contributed by atoms with Crippen LogP contribution in [0.1, 0.15) is 16.9 Å². The molecule has 0 aliphatic carbocycles. The topological polar surface area (TPSA) is 64.5 Å². The van der Waals surface area contributed by atoms with Crippen molar-refractivity contribution in [1.82, 2.24) is 9.97 Å². The number of rotatable bonds is 2. The second-order valence-electron chi connectivity index (χ2n) is 4.58. The Morgan fingerprint density at radius 3 is 3.05 bits per heavy atom. The molecule has 1 aromatic heterocycles. The van der Waals surface area contributed by atoms with Crippen LogP contribution in [0.4, 0.5) is 11.5 Å². The maximum Gasteiger partial charge on any atom is 0.358 e. The molecule has 0 atom stereocenters. The van der Waals surface area contributed by atoms with Gasteiger partial charge in [0.05, 0.1) is 31.8 Å². The number of hydrogen-bond donors (Lipinski definition) is 0. The molecule has 0 spiro atoms. The third kappa shape index (κ3) is 2.65. The molecule has 1 aromatic carbocycles. The van der Waals surface area contributed by atoms with Crippen LogP contribution in [0.3, 0.4) is 0 Å². The summed E-state index contributed by atoms with van der Waals surface area (Å²) in [4.78, 5) is 22.0. The molecule has 1 aliphatic rings. The van der Waals surface area contributed by atoms with E-state index in [1.54, 1.807) is 6.20 Å². The van der Waals surface area contributed by atoms with E-state index >= 15 is 0 Å². The molecule has 6 nitrogen and oxygen atoms in total. The Balaban J connectivity index is 2.02. The van der Waals surface area contributed by atoms with Crippen molar-refractivity contribution in [3.05, 3.63) is 42.4 Å². The van der Waals surface area contributed by atoms with Crippen molar-refractivity contribution in [3.8, 4) is 5.75 Å². The number of fused-ring (bicyclic) bond motifs is 1. The lowest BCUT2D eigenvalue weighted by atomic mass is 10.2. The molecule has 2 aromatic rings. The van der Waals surface area contributed by atoms with Gasteiger partial charge in [0.15, 0.2) is 11.5 Å². The van der Waals surface area contributed by atoms with Crippen LogP contribution in [0.25, 0.3) is 0 Å². The Morgan fingerprint density at radius 2 is 2.19 bits per heavy atom. The van der Waals surface area contributed by atoms with Crippen LogP contribution >= 0.6 is 0 Å². The van der Waals surface area contributed by atoms with Crippen LogP contribution in [-0.4, -0.2) is 36.2 Å². The number of methoxy groups -OCH3 is 1. The predicted molar refractivity (Wildman–Crippen MR) is 76.9 cm³/mol. The average molecular weight is 285 g/mol. The summed E-state index contributed by atoms with van der Waals surface area (Å²) < 4.78 is 10.4. The monoisotopic (exact) mass is 285 g/mol. The van der Waals surface area contributed by atoms with Crippen LogP contribution in [0.2, 0.25) is 0 Å². The molecule has 0 unspecified atom stereocenters. The molecule has 2 heterocycles. The zero-order valence-corrected chi connectivity index (χ0v) is 11.7. The Morgan fingerprint density at radius 1 is 1.33 bits per heavy atom. The van der Waals surface area contributed by atoms with Crippen molar-refractivity contribution in [2.45, 2.75) is 6.42 Å². The van der Waals surface area contributed by atoms with Crippen molar-refractivity contribution < 1.29 is 14.3 Å². The highest BCUT2D eigenvalue weighted by molar-refractivity contribution is 5.87. The highest BCUT2D eigenvalue weighted by atomic mass is 16.5. The van der Waals surface area contributed by atoms with Crippen LogP contribution in [0, 0.1) is 0 Å². The average Bonchev–Trinajstić information content (AvgIpc) is 2.76. The Labute approximate surface area is 122 Å². The van der Waals surface area contributed by atoms with E-state index in [-0.39, 0.29) is 5.69 Å². The van der Waals surface area contributed by atoms with Crippen molar-refractivity contribution >= 4 is 17.5 Å². The molecule has 3 rings (SSSR count). The number of anilines is 2. The number of hydrogen-bond acceptors (Lipinski definition) is 6. The van der Waals surface area contributed by atoms with Gasteiger partial charge in [0.2, 0.25) is 0 Å². The third-order valence-electron chi connectivity index (χ3n) is 3.23. The number of esters is 1. The summed E-state index contributed by atoms with van der Waals surface area (Å²) >= 11 is 0. The minimum atomic E-state index is -0.497. The first-order chi connectivity index (χ1) is 10.3. The molecule has 0 saturated heterocycles. The summed E-state index contributed by atoms with van der Waals surface area (Å²) in [5.74, 6) is 0.917. The van der Waals surface area contributed by atoms with Crippen LogP contribution in [0.5, 0.6) is 5.75 Å². The van der Waals surface area contributed by atoms with Gasteiger partial charge in [-0.25, -0.2) is 9.78 Å². The zero-order valence-electron chi connectivity index (χ0n) is 11.7. The first-order valence-electron chi connectivity index (χ1n) is 6.69. The molecule has 0 radical (unpaired) electrons. The van der Waals surface area contributed by atoms with E-state index in [1.807, 2.05) is 29.2 Å². The van der Waals surface area contributed by atoms with Gasteiger partial charge in [-0.05, 0) is 18.6 Å². The first-order valence-corrected chi connectivity index (χ1v) is 6.69. The zero-order chi connectivity index (χ0) is 14.7. The second-order valence-corrected chi connectivity index (χ2v) is 4.58. The fourth-order valence-corrected chi connectivity index (χ4v) is 2.25. The van der Waals surface area contributed by atoms with Gasteiger partial charge in [-0.1, -0.05) is 12.1 Å². The van der Waals surface area contributed by atoms with Crippen molar-refractivity contribution in [1.29, 1.82) is 0 Å². The SMILES string of the molecule is COC(=O)c1cncc(N2CCCOc3ccccc32)n1. The van der Waals surface area contributed by atoms with E-state index in [4.69, 9.17) is 4.74 Å². The van der Waals surface area contributed by atoms with Gasteiger partial charge >= 0.3 is 5.97 Å². The minimum Gasteiger partial charge on any atom is -0.491 e. The predicted octanol–water partition coefficient (Wildman–Crippen LogP) is 2.18. The minimum absolute atomic E-state index is 0.192. The number of ether oxygens (including phenoxy) is 2. The summed E-state index contributed by atoms with van der Waals surface area (Å²) in [5.41, 5.74) is 1.11. The number of benzene rings is 1. The number of carbonyl (C=O) groups excluding carboxylic acids is 1. The van der Waals surface area contributed by atoms with Crippen LogP contribution < -0.4 is 9.64 Å². The molecular formula is C15H15N3O3. The summed E-state index contributed by atoms with van der Waals surface area (Å²) in [7, 11) is 1.33. The second kappa shape index (κ2) is 5.78. The number of carbonyl (C=O) groups is 1.